The van der Waals surface area contributed by atoms with Gasteiger partial charge in [0.2, 0.25) is 10.0 Å². The molecule has 0 atom stereocenters. The van der Waals surface area contributed by atoms with Gasteiger partial charge in [-0.3, -0.25) is 4.98 Å². The minimum absolute atomic E-state index is 0.0393. The molecule has 0 aliphatic carbocycles. The second kappa shape index (κ2) is 4.27. The number of rotatable bonds is 3. The van der Waals surface area contributed by atoms with Crippen LogP contribution in [0, 0.1) is 0 Å². The minimum Gasteiger partial charge on any atom is -0.343 e. The third-order valence-electron chi connectivity index (χ3n) is 2.37. The lowest BCUT2D eigenvalue weighted by atomic mass is 10.2. The van der Waals surface area contributed by atoms with E-state index in [9.17, 15) is 8.42 Å². The van der Waals surface area contributed by atoms with E-state index >= 15 is 0 Å². The number of nitrogens with one attached hydrogen (secondary N) is 1. The lowest BCUT2D eigenvalue weighted by molar-refractivity contribution is 0.596. The van der Waals surface area contributed by atoms with Gasteiger partial charge in [0.05, 0.1) is 0 Å². The Morgan fingerprint density at radius 3 is 2.65 bits per heavy atom. The predicted molar refractivity (Wildman–Crippen MR) is 62.6 cm³/mol. The summed E-state index contributed by atoms with van der Waals surface area (Å²) in [6, 6.07) is 1.65. The number of primary sulfonamides is 1. The number of aromatic nitrogens is 3. The van der Waals surface area contributed by atoms with Gasteiger partial charge >= 0.3 is 0 Å². The molecule has 2 aromatic heterocycles. The first-order chi connectivity index (χ1) is 8.04. The number of pyridine rings is 1. The molecule has 2 rings (SSSR count). The van der Waals surface area contributed by atoms with E-state index in [2.05, 4.69) is 15.0 Å². The van der Waals surface area contributed by atoms with Crippen LogP contribution in [-0.2, 0) is 16.4 Å². The van der Waals surface area contributed by atoms with Crippen LogP contribution in [0.4, 0.5) is 0 Å². The maximum atomic E-state index is 11.6. The molecular weight excluding hydrogens is 240 g/mol. The van der Waals surface area contributed by atoms with Crippen molar-refractivity contribution in [3.05, 3.63) is 30.2 Å². The molecule has 0 aliphatic rings. The first-order valence-electron chi connectivity index (χ1n) is 5.04. The van der Waals surface area contributed by atoms with Gasteiger partial charge < -0.3 is 4.98 Å². The summed E-state index contributed by atoms with van der Waals surface area (Å²) in [4.78, 5) is 10.9. The lowest BCUT2D eigenvalue weighted by Crippen LogP contribution is -2.16. The molecule has 0 saturated carbocycles. The van der Waals surface area contributed by atoms with Crippen molar-refractivity contribution in [3.8, 4) is 11.5 Å². The molecule has 2 heterocycles. The number of aromatic amines is 1. The smallest absolute Gasteiger partial charge is 0.240 e. The van der Waals surface area contributed by atoms with Gasteiger partial charge in [0.1, 0.15) is 10.6 Å². The quantitative estimate of drug-likeness (QED) is 0.838. The molecule has 0 saturated heterocycles. The Balaban J connectivity index is 2.77. The minimum atomic E-state index is -3.82. The zero-order chi connectivity index (χ0) is 12.5. The Morgan fingerprint density at radius 1 is 1.35 bits per heavy atom. The van der Waals surface area contributed by atoms with Gasteiger partial charge in [-0.1, -0.05) is 6.92 Å². The Bertz CT molecular complexity index is 620. The highest BCUT2D eigenvalue weighted by molar-refractivity contribution is 7.89. The van der Waals surface area contributed by atoms with Crippen LogP contribution in [0.3, 0.4) is 0 Å². The van der Waals surface area contributed by atoms with Crippen molar-refractivity contribution in [1.29, 1.82) is 0 Å². The second-order valence-electron chi connectivity index (χ2n) is 3.48. The number of H-pyrrole nitrogens is 1. The molecule has 0 amide bonds. The van der Waals surface area contributed by atoms with E-state index in [0.717, 1.165) is 0 Å². The monoisotopic (exact) mass is 252 g/mol. The summed E-state index contributed by atoms with van der Waals surface area (Å²) in [7, 11) is -3.82. The van der Waals surface area contributed by atoms with Crippen LogP contribution < -0.4 is 5.14 Å². The first kappa shape index (κ1) is 11.7. The Morgan fingerprint density at radius 2 is 2.12 bits per heavy atom. The third kappa shape index (κ3) is 2.20. The molecule has 0 bridgehead atoms. The number of sulfonamides is 1. The summed E-state index contributed by atoms with van der Waals surface area (Å²) in [5.41, 5.74) is 0.894. The second-order valence-corrected chi connectivity index (χ2v) is 4.98. The maximum Gasteiger partial charge on any atom is 0.240 e. The third-order valence-corrected chi connectivity index (χ3v) is 3.40. The molecule has 0 radical (unpaired) electrons. The molecule has 0 aromatic carbocycles. The van der Waals surface area contributed by atoms with Crippen LogP contribution >= 0.6 is 0 Å². The predicted octanol–water partition coefficient (Wildman–Crippen LogP) is 0.681. The topological polar surface area (TPSA) is 102 Å². The summed E-state index contributed by atoms with van der Waals surface area (Å²) < 4.78 is 23.2. The number of nitrogens with zero attached hydrogens (tertiary/aromatic N) is 2. The lowest BCUT2D eigenvalue weighted by Gasteiger charge is -2.09. The number of nitrogens with two attached hydrogens (primary N) is 1. The van der Waals surface area contributed by atoms with Gasteiger partial charge in [-0.25, -0.2) is 18.5 Å². The highest BCUT2D eigenvalue weighted by Crippen LogP contribution is 2.24. The Labute approximate surface area is 99.0 Å². The molecule has 0 unspecified atom stereocenters. The summed E-state index contributed by atoms with van der Waals surface area (Å²) in [5, 5.41) is 5.23. The van der Waals surface area contributed by atoms with Crippen LogP contribution in [0.5, 0.6) is 0 Å². The summed E-state index contributed by atoms with van der Waals surface area (Å²) in [6.45, 7) is 1.86. The average Bonchev–Trinajstić information content (AvgIpc) is 2.80. The van der Waals surface area contributed by atoms with Gasteiger partial charge in [-0.2, -0.15) is 0 Å². The molecule has 0 spiro atoms. The van der Waals surface area contributed by atoms with Crippen molar-refractivity contribution in [2.24, 2.45) is 5.14 Å². The van der Waals surface area contributed by atoms with E-state index in [1.54, 1.807) is 18.5 Å². The molecule has 7 heteroatoms. The maximum absolute atomic E-state index is 11.6. The summed E-state index contributed by atoms with van der Waals surface area (Å²) >= 11 is 0. The van der Waals surface area contributed by atoms with Crippen LogP contribution in [-0.4, -0.2) is 23.4 Å². The van der Waals surface area contributed by atoms with E-state index < -0.39 is 10.0 Å². The standard InChI is InChI=1S/C10H12N4O2S/c1-2-7-3-4-12-8(9(7)17(11,15)16)10-13-5-6-14-10/h3-6H,2H2,1H3,(H,13,14)(H2,11,15,16). The fourth-order valence-electron chi connectivity index (χ4n) is 1.65. The van der Waals surface area contributed by atoms with Gasteiger partial charge in [0, 0.05) is 18.6 Å². The SMILES string of the molecule is CCc1ccnc(-c2ncc[nH]2)c1S(N)(=O)=O. The van der Waals surface area contributed by atoms with Crippen molar-refractivity contribution >= 4 is 10.0 Å². The van der Waals surface area contributed by atoms with Crippen LogP contribution in [0.1, 0.15) is 12.5 Å². The highest BCUT2D eigenvalue weighted by atomic mass is 32.2. The zero-order valence-corrected chi connectivity index (χ0v) is 10.0. The van der Waals surface area contributed by atoms with E-state index in [1.807, 2.05) is 6.92 Å². The van der Waals surface area contributed by atoms with Gasteiger partial charge in [0.25, 0.3) is 0 Å². The van der Waals surface area contributed by atoms with Crippen molar-refractivity contribution in [2.45, 2.75) is 18.2 Å². The first-order valence-corrected chi connectivity index (χ1v) is 6.59. The van der Waals surface area contributed by atoms with Crippen molar-refractivity contribution < 1.29 is 8.42 Å². The Kier molecular flexibility index (Phi) is 2.95. The van der Waals surface area contributed by atoms with Crippen molar-refractivity contribution in [1.82, 2.24) is 15.0 Å². The Hall–Kier alpha value is -1.73. The van der Waals surface area contributed by atoms with Crippen molar-refractivity contribution in [3.63, 3.8) is 0 Å². The fraction of sp³-hybridized carbons (Fsp3) is 0.200. The molecule has 3 N–H and O–H groups in total. The zero-order valence-electron chi connectivity index (χ0n) is 9.21. The van der Waals surface area contributed by atoms with E-state index in [0.29, 0.717) is 17.8 Å². The van der Waals surface area contributed by atoms with E-state index in [1.165, 1.54) is 6.20 Å². The molecule has 0 aliphatic heterocycles. The van der Waals surface area contributed by atoms with E-state index in [-0.39, 0.29) is 10.6 Å². The number of aryl methyl sites for hydroxylation is 1. The molecular formula is C10H12N4O2S. The summed E-state index contributed by atoms with van der Waals surface area (Å²) in [5.74, 6) is 0.393. The van der Waals surface area contributed by atoms with Gasteiger partial charge in [-0.15, -0.1) is 0 Å². The normalized spacial score (nSPS) is 11.6. The van der Waals surface area contributed by atoms with Crippen LogP contribution in [0.25, 0.3) is 11.5 Å². The highest BCUT2D eigenvalue weighted by Gasteiger charge is 2.21. The van der Waals surface area contributed by atoms with Crippen molar-refractivity contribution in [2.75, 3.05) is 0 Å². The largest absolute Gasteiger partial charge is 0.343 e. The van der Waals surface area contributed by atoms with Gasteiger partial charge in [-0.05, 0) is 18.1 Å². The molecule has 90 valence electrons. The average molecular weight is 252 g/mol. The van der Waals surface area contributed by atoms with Crippen LogP contribution in [0.15, 0.2) is 29.6 Å². The van der Waals surface area contributed by atoms with Gasteiger partial charge in [0.15, 0.2) is 5.82 Å². The number of hydrogen-bond acceptors (Lipinski definition) is 4. The molecule has 6 nitrogen and oxygen atoms in total. The number of imidazole rings is 1. The number of hydrogen-bond donors (Lipinski definition) is 2. The molecule has 17 heavy (non-hydrogen) atoms. The summed E-state index contributed by atoms with van der Waals surface area (Å²) in [6.07, 6.45) is 5.23. The molecule has 2 aromatic rings. The molecule has 0 fully saturated rings. The fourth-order valence-corrected chi connectivity index (χ4v) is 2.64. The van der Waals surface area contributed by atoms with E-state index in [4.69, 9.17) is 5.14 Å². The van der Waals surface area contributed by atoms with Crippen LogP contribution in [0.2, 0.25) is 0 Å².